The Labute approximate surface area is 123 Å². The first-order valence-electron chi connectivity index (χ1n) is 6.87. The Morgan fingerprint density at radius 3 is 2.33 bits per heavy atom. The van der Waals surface area contributed by atoms with Gasteiger partial charge >= 0.3 is 0 Å². The van der Waals surface area contributed by atoms with E-state index in [0.717, 1.165) is 22.4 Å². The van der Waals surface area contributed by atoms with Crippen LogP contribution in [0.25, 0.3) is 5.57 Å². The van der Waals surface area contributed by atoms with Crippen LogP contribution in [0.2, 0.25) is 0 Å². The Balaban J connectivity index is 2.35. The van der Waals surface area contributed by atoms with Crippen LogP contribution in [-0.2, 0) is 0 Å². The molecule has 0 fully saturated rings. The summed E-state index contributed by atoms with van der Waals surface area (Å²) in [4.78, 5) is 13.3. The summed E-state index contributed by atoms with van der Waals surface area (Å²) in [5, 5.41) is 11.6. The molecule has 2 aromatic rings. The van der Waals surface area contributed by atoms with Gasteiger partial charge in [0.25, 0.3) is 5.70 Å². The Morgan fingerprint density at radius 2 is 1.67 bits per heavy atom. The summed E-state index contributed by atoms with van der Waals surface area (Å²) in [6, 6.07) is 17.1. The first-order chi connectivity index (χ1) is 10.1. The average Bonchev–Trinajstić information content (AvgIpc) is 2.51. The Kier molecular flexibility index (Phi) is 3.22. The first-order valence-corrected chi connectivity index (χ1v) is 6.87. The molecule has 0 N–H and O–H groups in total. The highest BCUT2D eigenvalue weighted by molar-refractivity contribution is 5.90. The molecule has 0 amide bonds. The smallest absolute Gasteiger partial charge is 0.276 e. The van der Waals surface area contributed by atoms with E-state index < -0.39 is 0 Å². The SMILES string of the molecule is CC1C([N+](=O)[O-])=C(c2ccccc2)c2ccccc2N1C. The minimum Gasteiger partial charge on any atom is -0.361 e. The van der Waals surface area contributed by atoms with Gasteiger partial charge in [0.15, 0.2) is 0 Å². The van der Waals surface area contributed by atoms with Crippen LogP contribution in [0.3, 0.4) is 0 Å². The summed E-state index contributed by atoms with van der Waals surface area (Å²) in [5.41, 5.74) is 3.80. The normalized spacial score (nSPS) is 17.6. The number of nitro groups is 1. The molecule has 1 heterocycles. The van der Waals surface area contributed by atoms with Crippen molar-refractivity contribution in [3.8, 4) is 0 Å². The second kappa shape index (κ2) is 5.05. The quantitative estimate of drug-likeness (QED) is 0.624. The molecule has 0 aromatic heterocycles. The summed E-state index contributed by atoms with van der Waals surface area (Å²) in [7, 11) is 1.90. The third-order valence-electron chi connectivity index (χ3n) is 4.05. The van der Waals surface area contributed by atoms with Crippen molar-refractivity contribution in [2.75, 3.05) is 11.9 Å². The van der Waals surface area contributed by atoms with Crippen molar-refractivity contribution >= 4 is 11.3 Å². The van der Waals surface area contributed by atoms with Gasteiger partial charge in [-0.05, 0) is 18.6 Å². The standard InChI is InChI=1S/C17H16N2O2/c1-12-17(19(20)21)16(13-8-4-3-5-9-13)14-10-6-7-11-15(14)18(12)2/h3-12H,1-2H3. The fourth-order valence-electron chi connectivity index (χ4n) is 2.88. The molecule has 1 aliphatic heterocycles. The zero-order chi connectivity index (χ0) is 15.0. The monoisotopic (exact) mass is 280 g/mol. The second-order valence-corrected chi connectivity index (χ2v) is 5.19. The number of hydrogen-bond donors (Lipinski definition) is 0. The number of hydrogen-bond acceptors (Lipinski definition) is 3. The number of benzene rings is 2. The lowest BCUT2D eigenvalue weighted by Crippen LogP contribution is -2.37. The lowest BCUT2D eigenvalue weighted by molar-refractivity contribution is -0.428. The summed E-state index contributed by atoms with van der Waals surface area (Å²) >= 11 is 0. The van der Waals surface area contributed by atoms with E-state index in [-0.39, 0.29) is 16.7 Å². The second-order valence-electron chi connectivity index (χ2n) is 5.19. The molecular weight excluding hydrogens is 264 g/mol. The molecule has 0 spiro atoms. The molecule has 2 aromatic carbocycles. The lowest BCUT2D eigenvalue weighted by Gasteiger charge is -2.33. The van der Waals surface area contributed by atoms with Gasteiger partial charge in [-0.3, -0.25) is 10.1 Å². The van der Waals surface area contributed by atoms with E-state index in [2.05, 4.69) is 0 Å². The van der Waals surface area contributed by atoms with Gasteiger partial charge in [-0.25, -0.2) is 0 Å². The van der Waals surface area contributed by atoms with Crippen molar-refractivity contribution in [3.05, 3.63) is 81.5 Å². The summed E-state index contributed by atoms with van der Waals surface area (Å²) in [6.45, 7) is 1.87. The van der Waals surface area contributed by atoms with Gasteiger partial charge in [0.05, 0.1) is 10.5 Å². The third-order valence-corrected chi connectivity index (χ3v) is 4.05. The largest absolute Gasteiger partial charge is 0.361 e. The molecule has 0 radical (unpaired) electrons. The van der Waals surface area contributed by atoms with Crippen molar-refractivity contribution in [1.82, 2.24) is 0 Å². The Hall–Kier alpha value is -2.62. The highest BCUT2D eigenvalue weighted by atomic mass is 16.6. The Morgan fingerprint density at radius 1 is 1.05 bits per heavy atom. The molecular formula is C17H16N2O2. The zero-order valence-electron chi connectivity index (χ0n) is 12.0. The number of anilines is 1. The summed E-state index contributed by atoms with van der Waals surface area (Å²) < 4.78 is 0. The predicted molar refractivity (Wildman–Crippen MR) is 83.8 cm³/mol. The molecule has 0 bridgehead atoms. The maximum atomic E-state index is 11.6. The number of para-hydroxylation sites is 1. The van der Waals surface area contributed by atoms with Crippen LogP contribution in [-0.4, -0.2) is 18.0 Å². The van der Waals surface area contributed by atoms with Crippen LogP contribution in [0.15, 0.2) is 60.3 Å². The van der Waals surface area contributed by atoms with E-state index >= 15 is 0 Å². The molecule has 4 heteroatoms. The van der Waals surface area contributed by atoms with Crippen LogP contribution in [0, 0.1) is 10.1 Å². The fraction of sp³-hybridized carbons (Fsp3) is 0.176. The van der Waals surface area contributed by atoms with Gasteiger partial charge in [-0.15, -0.1) is 0 Å². The minimum atomic E-state index is -0.273. The highest BCUT2D eigenvalue weighted by Crippen LogP contribution is 2.40. The molecule has 1 atom stereocenters. The molecule has 21 heavy (non-hydrogen) atoms. The maximum absolute atomic E-state index is 11.6. The summed E-state index contributed by atoms with van der Waals surface area (Å²) in [5.74, 6) is 0. The first kappa shape index (κ1) is 13.4. The van der Waals surface area contributed by atoms with Crippen molar-refractivity contribution in [2.45, 2.75) is 13.0 Å². The van der Waals surface area contributed by atoms with E-state index in [1.54, 1.807) is 0 Å². The van der Waals surface area contributed by atoms with Crippen molar-refractivity contribution < 1.29 is 4.92 Å². The predicted octanol–water partition coefficient (Wildman–Crippen LogP) is 3.56. The van der Waals surface area contributed by atoms with Crippen LogP contribution in [0.1, 0.15) is 18.1 Å². The van der Waals surface area contributed by atoms with E-state index in [4.69, 9.17) is 0 Å². The third kappa shape index (κ3) is 2.09. The molecule has 106 valence electrons. The van der Waals surface area contributed by atoms with E-state index in [1.807, 2.05) is 73.5 Å². The maximum Gasteiger partial charge on any atom is 0.276 e. The van der Waals surface area contributed by atoms with Crippen molar-refractivity contribution in [3.63, 3.8) is 0 Å². The molecule has 0 aliphatic carbocycles. The molecule has 0 saturated carbocycles. The van der Waals surface area contributed by atoms with Gasteiger partial charge in [-0.2, -0.15) is 0 Å². The minimum absolute atomic E-state index is 0.251. The lowest BCUT2D eigenvalue weighted by atomic mass is 9.88. The molecule has 4 nitrogen and oxygen atoms in total. The fourth-order valence-corrected chi connectivity index (χ4v) is 2.88. The van der Waals surface area contributed by atoms with Gasteiger partial charge < -0.3 is 4.90 Å². The molecule has 1 aliphatic rings. The highest BCUT2D eigenvalue weighted by Gasteiger charge is 2.36. The molecule has 1 unspecified atom stereocenters. The number of fused-ring (bicyclic) bond motifs is 1. The Bertz CT molecular complexity index is 723. The van der Waals surface area contributed by atoms with E-state index in [0.29, 0.717) is 0 Å². The average molecular weight is 280 g/mol. The number of rotatable bonds is 2. The topological polar surface area (TPSA) is 46.4 Å². The van der Waals surface area contributed by atoms with Crippen LogP contribution in [0.5, 0.6) is 0 Å². The van der Waals surface area contributed by atoms with Gasteiger partial charge in [0, 0.05) is 18.3 Å². The van der Waals surface area contributed by atoms with Gasteiger partial charge in [0.1, 0.15) is 6.04 Å². The van der Waals surface area contributed by atoms with Crippen molar-refractivity contribution in [2.24, 2.45) is 0 Å². The number of likely N-dealkylation sites (N-methyl/N-ethyl adjacent to an activating group) is 1. The van der Waals surface area contributed by atoms with E-state index in [1.165, 1.54) is 0 Å². The van der Waals surface area contributed by atoms with E-state index in [9.17, 15) is 10.1 Å². The van der Waals surface area contributed by atoms with Crippen molar-refractivity contribution in [1.29, 1.82) is 0 Å². The van der Waals surface area contributed by atoms with Gasteiger partial charge in [-0.1, -0.05) is 48.5 Å². The van der Waals surface area contributed by atoms with Crippen LogP contribution in [0.4, 0.5) is 5.69 Å². The molecule has 0 saturated heterocycles. The van der Waals surface area contributed by atoms with Crippen LogP contribution < -0.4 is 4.90 Å². The molecule has 3 rings (SSSR count). The number of nitrogens with zero attached hydrogens (tertiary/aromatic N) is 2. The zero-order valence-corrected chi connectivity index (χ0v) is 12.0. The van der Waals surface area contributed by atoms with Gasteiger partial charge in [0.2, 0.25) is 0 Å². The summed E-state index contributed by atoms with van der Waals surface area (Å²) in [6.07, 6.45) is 0. The van der Waals surface area contributed by atoms with Crippen LogP contribution >= 0.6 is 0 Å².